The molecule has 168 valence electrons. The fourth-order valence-corrected chi connectivity index (χ4v) is 3.12. The third-order valence-electron chi connectivity index (χ3n) is 4.33. The number of carbonyl (C=O) groups is 3. The second-order valence-corrected chi connectivity index (χ2v) is 7.74. The highest BCUT2D eigenvalue weighted by atomic mass is 79.9. The molecule has 0 spiro atoms. The molecule has 0 fully saturated rings. The topological polar surface area (TPSA) is 106 Å². The fraction of sp³-hybridized carbons (Fsp3) is 0.0833. The SMILES string of the molecule is COc1cccc(NC(=O)C(=O)N/N=C\c2cc(Br)ccc2OC(=O)c2cccc(C)c2)c1. The van der Waals surface area contributed by atoms with Crippen molar-refractivity contribution in [2.24, 2.45) is 5.10 Å². The Labute approximate surface area is 198 Å². The lowest BCUT2D eigenvalue weighted by molar-refractivity contribution is -0.136. The third kappa shape index (κ3) is 6.75. The molecule has 3 aromatic rings. The normalized spacial score (nSPS) is 10.5. The Hall–Kier alpha value is -3.98. The fourth-order valence-electron chi connectivity index (χ4n) is 2.74. The minimum absolute atomic E-state index is 0.239. The van der Waals surface area contributed by atoms with Gasteiger partial charge in [-0.25, -0.2) is 10.2 Å². The second kappa shape index (κ2) is 11.1. The summed E-state index contributed by atoms with van der Waals surface area (Å²) < 4.78 is 11.3. The average Bonchev–Trinajstić information content (AvgIpc) is 2.80. The van der Waals surface area contributed by atoms with Crippen LogP contribution in [0.25, 0.3) is 0 Å². The van der Waals surface area contributed by atoms with E-state index in [4.69, 9.17) is 9.47 Å². The first-order chi connectivity index (χ1) is 15.9. The van der Waals surface area contributed by atoms with E-state index in [0.29, 0.717) is 27.0 Å². The van der Waals surface area contributed by atoms with Gasteiger partial charge in [0.05, 0.1) is 18.9 Å². The molecule has 0 aliphatic rings. The maximum Gasteiger partial charge on any atom is 0.343 e. The summed E-state index contributed by atoms with van der Waals surface area (Å²) in [5, 5.41) is 6.26. The molecule has 0 unspecified atom stereocenters. The van der Waals surface area contributed by atoms with Gasteiger partial charge in [0.15, 0.2) is 0 Å². The number of amides is 2. The van der Waals surface area contributed by atoms with Gasteiger partial charge in [-0.05, 0) is 49.4 Å². The van der Waals surface area contributed by atoms with E-state index >= 15 is 0 Å². The molecule has 0 bridgehead atoms. The van der Waals surface area contributed by atoms with Gasteiger partial charge < -0.3 is 14.8 Å². The van der Waals surface area contributed by atoms with E-state index in [2.05, 4.69) is 31.8 Å². The molecule has 8 nitrogen and oxygen atoms in total. The molecule has 2 N–H and O–H groups in total. The number of nitrogens with one attached hydrogen (secondary N) is 2. The quantitative estimate of drug-likeness (QED) is 0.171. The van der Waals surface area contributed by atoms with Crippen molar-refractivity contribution in [3.63, 3.8) is 0 Å². The zero-order chi connectivity index (χ0) is 23.8. The van der Waals surface area contributed by atoms with Crippen LogP contribution in [0.3, 0.4) is 0 Å². The number of benzene rings is 3. The standard InChI is InChI=1S/C24H20BrN3O5/c1-15-5-3-6-16(11-15)24(31)33-21-10-9-18(25)12-17(21)14-26-28-23(30)22(29)27-19-7-4-8-20(13-19)32-2/h3-14H,1-2H3,(H,27,29)(H,28,30)/b26-14-. The van der Waals surface area contributed by atoms with Gasteiger partial charge in [0, 0.05) is 21.8 Å². The number of carbonyl (C=O) groups excluding carboxylic acids is 3. The van der Waals surface area contributed by atoms with Gasteiger partial charge in [0.1, 0.15) is 11.5 Å². The molecule has 3 rings (SSSR count). The molecule has 2 amide bonds. The van der Waals surface area contributed by atoms with Gasteiger partial charge in [-0.1, -0.05) is 39.7 Å². The summed E-state index contributed by atoms with van der Waals surface area (Å²) in [7, 11) is 1.50. The highest BCUT2D eigenvalue weighted by Crippen LogP contribution is 2.23. The van der Waals surface area contributed by atoms with Crippen LogP contribution in [0, 0.1) is 6.92 Å². The molecule has 33 heavy (non-hydrogen) atoms. The van der Waals surface area contributed by atoms with Crippen molar-refractivity contribution in [2.75, 3.05) is 12.4 Å². The van der Waals surface area contributed by atoms with Gasteiger partial charge in [0.25, 0.3) is 0 Å². The van der Waals surface area contributed by atoms with E-state index < -0.39 is 17.8 Å². The lowest BCUT2D eigenvalue weighted by Crippen LogP contribution is -2.32. The number of hydrazone groups is 1. The first kappa shape index (κ1) is 23.7. The lowest BCUT2D eigenvalue weighted by atomic mass is 10.1. The molecule has 0 radical (unpaired) electrons. The Kier molecular flexibility index (Phi) is 7.93. The number of hydrogen-bond acceptors (Lipinski definition) is 6. The monoisotopic (exact) mass is 509 g/mol. The summed E-state index contributed by atoms with van der Waals surface area (Å²) >= 11 is 3.35. The minimum atomic E-state index is -0.970. The van der Waals surface area contributed by atoms with E-state index in [1.807, 2.05) is 13.0 Å². The second-order valence-electron chi connectivity index (χ2n) is 6.83. The predicted octanol–water partition coefficient (Wildman–Crippen LogP) is 4.07. The van der Waals surface area contributed by atoms with Gasteiger partial charge >= 0.3 is 17.8 Å². The smallest absolute Gasteiger partial charge is 0.343 e. The van der Waals surface area contributed by atoms with E-state index in [1.54, 1.807) is 60.7 Å². The highest BCUT2D eigenvalue weighted by molar-refractivity contribution is 9.10. The summed E-state index contributed by atoms with van der Waals surface area (Å²) in [6.45, 7) is 1.88. The average molecular weight is 510 g/mol. The summed E-state index contributed by atoms with van der Waals surface area (Å²) in [6.07, 6.45) is 1.28. The van der Waals surface area contributed by atoms with E-state index in [0.717, 1.165) is 5.56 Å². The molecule has 0 heterocycles. The maximum absolute atomic E-state index is 12.5. The number of anilines is 1. The van der Waals surface area contributed by atoms with E-state index in [-0.39, 0.29) is 5.75 Å². The highest BCUT2D eigenvalue weighted by Gasteiger charge is 2.14. The number of esters is 1. The van der Waals surface area contributed by atoms with Crippen LogP contribution in [0.1, 0.15) is 21.5 Å². The zero-order valence-corrected chi connectivity index (χ0v) is 19.4. The first-order valence-electron chi connectivity index (χ1n) is 9.72. The Morgan fingerprint density at radius 1 is 0.970 bits per heavy atom. The molecule has 9 heteroatoms. The van der Waals surface area contributed by atoms with Crippen LogP contribution in [0.2, 0.25) is 0 Å². The molecular weight excluding hydrogens is 490 g/mol. The first-order valence-corrected chi connectivity index (χ1v) is 10.5. The van der Waals surface area contributed by atoms with Crippen molar-refractivity contribution in [3.05, 3.63) is 87.9 Å². The van der Waals surface area contributed by atoms with Gasteiger partial charge in [-0.15, -0.1) is 0 Å². The molecule has 3 aromatic carbocycles. The molecule has 0 atom stereocenters. The maximum atomic E-state index is 12.5. The van der Waals surface area contributed by atoms with Crippen molar-refractivity contribution in [1.29, 1.82) is 0 Å². The summed E-state index contributed by atoms with van der Waals surface area (Å²) in [5.74, 6) is -1.63. The number of nitrogens with zero attached hydrogens (tertiary/aromatic N) is 1. The Morgan fingerprint density at radius 3 is 2.52 bits per heavy atom. The Morgan fingerprint density at radius 2 is 1.76 bits per heavy atom. The van der Waals surface area contributed by atoms with Crippen molar-refractivity contribution in [1.82, 2.24) is 5.43 Å². The van der Waals surface area contributed by atoms with Gasteiger partial charge in [-0.2, -0.15) is 5.10 Å². The van der Waals surface area contributed by atoms with Crippen LogP contribution < -0.4 is 20.2 Å². The van der Waals surface area contributed by atoms with Crippen molar-refractivity contribution in [3.8, 4) is 11.5 Å². The van der Waals surface area contributed by atoms with Crippen molar-refractivity contribution in [2.45, 2.75) is 6.92 Å². The third-order valence-corrected chi connectivity index (χ3v) is 4.83. The summed E-state index contributed by atoms with van der Waals surface area (Å²) in [5.41, 5.74) is 4.30. The summed E-state index contributed by atoms with van der Waals surface area (Å²) in [4.78, 5) is 36.7. The minimum Gasteiger partial charge on any atom is -0.497 e. The summed E-state index contributed by atoms with van der Waals surface area (Å²) in [6, 6.07) is 18.6. The van der Waals surface area contributed by atoms with Crippen LogP contribution in [-0.2, 0) is 9.59 Å². The number of hydrogen-bond donors (Lipinski definition) is 2. The largest absolute Gasteiger partial charge is 0.497 e. The number of ether oxygens (including phenoxy) is 2. The Bertz CT molecular complexity index is 1230. The van der Waals surface area contributed by atoms with Crippen LogP contribution in [-0.4, -0.2) is 31.1 Å². The van der Waals surface area contributed by atoms with Gasteiger partial charge in [-0.3, -0.25) is 9.59 Å². The zero-order valence-electron chi connectivity index (χ0n) is 17.8. The van der Waals surface area contributed by atoms with Crippen LogP contribution in [0.5, 0.6) is 11.5 Å². The Balaban J connectivity index is 1.66. The van der Waals surface area contributed by atoms with Crippen LogP contribution in [0.15, 0.2) is 76.3 Å². The molecule has 0 aliphatic carbocycles. The van der Waals surface area contributed by atoms with Crippen molar-refractivity contribution < 1.29 is 23.9 Å². The number of halogens is 1. The number of methoxy groups -OCH3 is 1. The van der Waals surface area contributed by atoms with E-state index in [1.165, 1.54) is 13.3 Å². The predicted molar refractivity (Wildman–Crippen MR) is 128 cm³/mol. The van der Waals surface area contributed by atoms with E-state index in [9.17, 15) is 14.4 Å². The number of aryl methyl sites for hydroxylation is 1. The van der Waals surface area contributed by atoms with Gasteiger partial charge in [0.2, 0.25) is 0 Å². The van der Waals surface area contributed by atoms with Crippen molar-refractivity contribution >= 4 is 45.6 Å². The molecular formula is C24H20BrN3O5. The molecule has 0 saturated heterocycles. The number of rotatable bonds is 6. The molecule has 0 saturated carbocycles. The van der Waals surface area contributed by atoms with Crippen LogP contribution >= 0.6 is 15.9 Å². The van der Waals surface area contributed by atoms with Crippen LogP contribution in [0.4, 0.5) is 5.69 Å². The molecule has 0 aromatic heterocycles. The molecule has 0 aliphatic heterocycles. The lowest BCUT2D eigenvalue weighted by Gasteiger charge is -2.08.